The number of unbranched alkanes of at least 4 members (excludes halogenated alkanes) is 1. The summed E-state index contributed by atoms with van der Waals surface area (Å²) in [7, 11) is 0. The molecular formula is C22H29Cl3O4. The third-order valence-corrected chi connectivity index (χ3v) is 5.89. The molecule has 0 amide bonds. The number of carbonyl (C=O) groups is 1. The summed E-state index contributed by atoms with van der Waals surface area (Å²) in [6.45, 7) is 4.04. The molecule has 0 aliphatic heterocycles. The van der Waals surface area contributed by atoms with E-state index in [1.54, 1.807) is 18.2 Å². The van der Waals surface area contributed by atoms with Gasteiger partial charge in [-0.05, 0) is 63.6 Å². The number of alkyl halides is 1. The molecule has 0 radical (unpaired) electrons. The van der Waals surface area contributed by atoms with Crippen molar-refractivity contribution in [3.63, 3.8) is 0 Å². The summed E-state index contributed by atoms with van der Waals surface area (Å²) in [6.07, 6.45) is 6.84. The van der Waals surface area contributed by atoms with Crippen molar-refractivity contribution in [1.29, 1.82) is 0 Å². The standard InChI is InChI=1S/C22H29Cl3O4/c1-14(2)29-22(27)8-6-4-3-5-7-18-19(21(26)12-20(18)25)13-28-17-10-15(23)9-16(24)11-17/h3,5,9-11,14,18-21,26H,4,6-8,12-13H2,1-2H3/b5-3-/t18-,19-,20-,21-/m1/s1. The van der Waals surface area contributed by atoms with Crippen molar-refractivity contribution in [2.75, 3.05) is 6.61 Å². The molecule has 1 aliphatic rings. The summed E-state index contributed by atoms with van der Waals surface area (Å²) >= 11 is 18.5. The first kappa shape index (κ1) is 24.3. The van der Waals surface area contributed by atoms with Gasteiger partial charge in [-0.1, -0.05) is 35.4 Å². The zero-order valence-electron chi connectivity index (χ0n) is 16.8. The minimum Gasteiger partial charge on any atom is -0.493 e. The van der Waals surface area contributed by atoms with Gasteiger partial charge < -0.3 is 14.6 Å². The third kappa shape index (κ3) is 8.37. The van der Waals surface area contributed by atoms with E-state index in [1.165, 1.54) is 0 Å². The number of aliphatic hydroxyl groups excluding tert-OH is 1. The molecule has 29 heavy (non-hydrogen) atoms. The van der Waals surface area contributed by atoms with Gasteiger partial charge in [0.05, 0.1) is 18.8 Å². The average Bonchev–Trinajstić information content (AvgIpc) is 2.87. The Hall–Kier alpha value is -0.940. The minimum absolute atomic E-state index is 0.0686. The number of ether oxygens (including phenoxy) is 2. The van der Waals surface area contributed by atoms with Gasteiger partial charge in [-0.2, -0.15) is 0 Å². The number of carbonyl (C=O) groups excluding carboxylic acids is 1. The molecule has 4 nitrogen and oxygen atoms in total. The zero-order chi connectivity index (χ0) is 21.4. The Bertz CT molecular complexity index is 672. The van der Waals surface area contributed by atoms with Crippen molar-refractivity contribution in [3.8, 4) is 5.75 Å². The highest BCUT2D eigenvalue weighted by atomic mass is 35.5. The van der Waals surface area contributed by atoms with E-state index in [0.717, 1.165) is 19.3 Å². The highest BCUT2D eigenvalue weighted by Crippen LogP contribution is 2.39. The molecule has 4 atom stereocenters. The van der Waals surface area contributed by atoms with E-state index in [4.69, 9.17) is 44.3 Å². The van der Waals surface area contributed by atoms with Gasteiger partial charge >= 0.3 is 5.97 Å². The number of esters is 1. The Morgan fingerprint density at radius 1 is 1.21 bits per heavy atom. The fourth-order valence-electron chi connectivity index (χ4n) is 3.55. The van der Waals surface area contributed by atoms with Gasteiger partial charge in [-0.15, -0.1) is 11.6 Å². The summed E-state index contributed by atoms with van der Waals surface area (Å²) < 4.78 is 11.0. The first-order valence-electron chi connectivity index (χ1n) is 10.0. The van der Waals surface area contributed by atoms with E-state index in [0.29, 0.717) is 35.2 Å². The quantitative estimate of drug-likeness (QED) is 0.199. The topological polar surface area (TPSA) is 55.8 Å². The van der Waals surface area contributed by atoms with Crippen LogP contribution in [-0.4, -0.2) is 35.3 Å². The Kier molecular flexibility index (Phi) is 10.1. The van der Waals surface area contributed by atoms with Crippen LogP contribution >= 0.6 is 34.8 Å². The minimum atomic E-state index is -0.503. The summed E-state index contributed by atoms with van der Waals surface area (Å²) in [4.78, 5) is 11.5. The first-order valence-corrected chi connectivity index (χ1v) is 11.2. The monoisotopic (exact) mass is 462 g/mol. The summed E-state index contributed by atoms with van der Waals surface area (Å²) in [5.41, 5.74) is 0. The van der Waals surface area contributed by atoms with Gasteiger partial charge in [0.15, 0.2) is 0 Å². The SMILES string of the molecule is CC(C)OC(=O)CCC/C=C\C[C@@H]1[C@@H](COc2cc(Cl)cc(Cl)c2)[C@H](O)C[C@H]1Cl. The summed E-state index contributed by atoms with van der Waals surface area (Å²) in [6, 6.07) is 5.05. The van der Waals surface area contributed by atoms with E-state index < -0.39 is 6.10 Å². The average molecular weight is 464 g/mol. The van der Waals surface area contributed by atoms with Gasteiger partial charge in [-0.25, -0.2) is 0 Å². The van der Waals surface area contributed by atoms with E-state index >= 15 is 0 Å². The van der Waals surface area contributed by atoms with Crippen LogP contribution in [0, 0.1) is 11.8 Å². The van der Waals surface area contributed by atoms with Crippen LogP contribution in [-0.2, 0) is 9.53 Å². The molecule has 1 aliphatic carbocycles. The molecule has 0 saturated heterocycles. The Morgan fingerprint density at radius 3 is 2.55 bits per heavy atom. The molecule has 0 heterocycles. The third-order valence-electron chi connectivity index (χ3n) is 4.95. The molecule has 1 aromatic carbocycles. The van der Waals surface area contributed by atoms with E-state index in [1.807, 2.05) is 13.8 Å². The van der Waals surface area contributed by atoms with Crippen LogP contribution in [0.2, 0.25) is 10.0 Å². The second-order valence-electron chi connectivity index (χ2n) is 7.70. The molecule has 2 rings (SSSR count). The van der Waals surface area contributed by atoms with Crippen molar-refractivity contribution < 1.29 is 19.4 Å². The summed E-state index contributed by atoms with van der Waals surface area (Å²) in [5, 5.41) is 11.3. The smallest absolute Gasteiger partial charge is 0.306 e. The van der Waals surface area contributed by atoms with Crippen LogP contribution in [0.25, 0.3) is 0 Å². The summed E-state index contributed by atoms with van der Waals surface area (Å²) in [5.74, 6) is 0.464. The lowest BCUT2D eigenvalue weighted by Crippen LogP contribution is -2.27. The van der Waals surface area contributed by atoms with Crippen LogP contribution in [0.4, 0.5) is 0 Å². The lowest BCUT2D eigenvalue weighted by Gasteiger charge is -2.22. The van der Waals surface area contributed by atoms with Crippen molar-refractivity contribution >= 4 is 40.8 Å². The van der Waals surface area contributed by atoms with Crippen LogP contribution in [0.15, 0.2) is 30.4 Å². The number of hydrogen-bond donors (Lipinski definition) is 1. The second-order valence-corrected chi connectivity index (χ2v) is 9.13. The molecule has 0 bridgehead atoms. The van der Waals surface area contributed by atoms with Gasteiger partial charge in [0.1, 0.15) is 5.75 Å². The molecule has 0 spiro atoms. The Balaban J connectivity index is 1.80. The maximum Gasteiger partial charge on any atom is 0.306 e. The number of aliphatic hydroxyl groups is 1. The second kappa shape index (κ2) is 12.0. The molecule has 1 saturated carbocycles. The van der Waals surface area contributed by atoms with Gasteiger partial charge in [0.2, 0.25) is 0 Å². The van der Waals surface area contributed by atoms with Crippen LogP contribution in [0.5, 0.6) is 5.75 Å². The highest BCUT2D eigenvalue weighted by molar-refractivity contribution is 6.34. The van der Waals surface area contributed by atoms with Crippen LogP contribution in [0.1, 0.15) is 46.0 Å². The zero-order valence-corrected chi connectivity index (χ0v) is 19.1. The van der Waals surface area contributed by atoms with Crippen LogP contribution < -0.4 is 4.74 Å². The van der Waals surface area contributed by atoms with Crippen molar-refractivity contribution in [2.45, 2.75) is 63.5 Å². The van der Waals surface area contributed by atoms with Gasteiger partial charge in [0, 0.05) is 27.8 Å². The fourth-order valence-corrected chi connectivity index (χ4v) is 4.53. The predicted molar refractivity (Wildman–Crippen MR) is 118 cm³/mol. The fraction of sp³-hybridized carbons (Fsp3) is 0.591. The Labute approximate surface area is 188 Å². The predicted octanol–water partition coefficient (Wildman–Crippen LogP) is 6.04. The first-order chi connectivity index (χ1) is 13.8. The van der Waals surface area contributed by atoms with Gasteiger partial charge in [0.25, 0.3) is 0 Å². The molecule has 162 valence electrons. The van der Waals surface area contributed by atoms with Crippen molar-refractivity contribution in [2.24, 2.45) is 11.8 Å². The number of benzene rings is 1. The largest absolute Gasteiger partial charge is 0.493 e. The normalized spacial score (nSPS) is 24.4. The number of rotatable bonds is 10. The lowest BCUT2D eigenvalue weighted by atomic mass is 9.92. The maximum atomic E-state index is 11.5. The van der Waals surface area contributed by atoms with Crippen LogP contribution in [0.3, 0.4) is 0 Å². The van der Waals surface area contributed by atoms with Gasteiger partial charge in [-0.3, -0.25) is 4.79 Å². The number of hydrogen-bond acceptors (Lipinski definition) is 4. The highest BCUT2D eigenvalue weighted by Gasteiger charge is 2.41. The molecule has 7 heteroatoms. The van der Waals surface area contributed by atoms with E-state index in [9.17, 15) is 9.90 Å². The van der Waals surface area contributed by atoms with E-state index in [2.05, 4.69) is 12.2 Å². The Morgan fingerprint density at radius 2 is 1.90 bits per heavy atom. The lowest BCUT2D eigenvalue weighted by molar-refractivity contribution is -0.147. The number of halogens is 3. The molecule has 0 aromatic heterocycles. The molecule has 0 unspecified atom stereocenters. The molecule has 1 N–H and O–H groups in total. The molecular weight excluding hydrogens is 435 g/mol. The molecule has 1 fully saturated rings. The number of allylic oxidation sites excluding steroid dienone is 2. The molecule has 1 aromatic rings. The van der Waals surface area contributed by atoms with Crippen molar-refractivity contribution in [3.05, 3.63) is 40.4 Å². The van der Waals surface area contributed by atoms with Crippen molar-refractivity contribution in [1.82, 2.24) is 0 Å². The maximum absolute atomic E-state index is 11.5. The van der Waals surface area contributed by atoms with E-state index in [-0.39, 0.29) is 29.3 Å².